The number of hydrogen-bond donors (Lipinski definition) is 1. The number of halogens is 1. The van der Waals surface area contributed by atoms with Crippen LogP contribution in [0.3, 0.4) is 0 Å². The maximum Gasteiger partial charge on any atom is 0.337 e. The molecule has 0 fully saturated rings. The van der Waals surface area contributed by atoms with Crippen LogP contribution in [0.1, 0.15) is 19.9 Å². The van der Waals surface area contributed by atoms with Gasteiger partial charge in [0, 0.05) is 6.42 Å². The molecule has 0 aliphatic heterocycles. The molecule has 0 bridgehead atoms. The number of benzene rings is 1. The molecule has 0 saturated carbocycles. The summed E-state index contributed by atoms with van der Waals surface area (Å²) in [6.45, 7) is -2.83. The minimum atomic E-state index is -5.02. The lowest BCUT2D eigenvalue weighted by molar-refractivity contribution is 0.196. The Morgan fingerprint density at radius 1 is 1.61 bits per heavy atom. The Hall–Kier alpha value is -1.42. The topological polar surface area (TPSA) is 57.6 Å². The molecule has 4 nitrogen and oxygen atoms in total. The molecule has 0 spiro atoms. The highest BCUT2D eigenvalue weighted by Gasteiger charge is 2.41. The van der Waals surface area contributed by atoms with Crippen molar-refractivity contribution < 1.29 is 20.1 Å². The molecule has 0 radical (unpaired) electrons. The van der Waals surface area contributed by atoms with Crippen molar-refractivity contribution in [1.29, 1.82) is 0 Å². The molecule has 1 N–H and O–H groups in total. The van der Waals surface area contributed by atoms with Crippen LogP contribution in [0.2, 0.25) is 0 Å². The second-order valence-corrected chi connectivity index (χ2v) is 5.18. The van der Waals surface area contributed by atoms with E-state index in [4.69, 9.17) is 9.16 Å². The van der Waals surface area contributed by atoms with Crippen molar-refractivity contribution in [3.63, 3.8) is 0 Å². The Labute approximate surface area is 108 Å². The molecule has 1 aliphatic rings. The third-order valence-corrected chi connectivity index (χ3v) is 3.62. The Morgan fingerprint density at radius 3 is 2.89 bits per heavy atom. The average molecular weight is 270 g/mol. The zero-order valence-corrected chi connectivity index (χ0v) is 10.1. The predicted octanol–water partition coefficient (Wildman–Crippen LogP) is 1.36. The summed E-state index contributed by atoms with van der Waals surface area (Å²) in [5, 5.41) is 0. The van der Waals surface area contributed by atoms with Crippen molar-refractivity contribution >= 4 is 10.3 Å². The first kappa shape index (κ1) is 10.5. The molecule has 1 aliphatic carbocycles. The number of rotatable bonds is 3. The summed E-state index contributed by atoms with van der Waals surface area (Å²) < 4.78 is 61.4. The molecule has 0 heterocycles. The van der Waals surface area contributed by atoms with Crippen LogP contribution >= 0.6 is 0 Å². The molecule has 96 valence electrons. The highest BCUT2D eigenvalue weighted by atomic mass is 32.2. The fourth-order valence-corrected chi connectivity index (χ4v) is 2.83. The zero-order valence-electron chi connectivity index (χ0n) is 11.2. The molecule has 18 heavy (non-hydrogen) atoms. The molecule has 1 aromatic rings. The van der Waals surface area contributed by atoms with Crippen LogP contribution in [-0.2, 0) is 16.7 Å². The predicted molar refractivity (Wildman–Crippen MR) is 64.9 cm³/mol. The van der Waals surface area contributed by atoms with Gasteiger partial charge in [-0.3, -0.25) is 4.55 Å². The van der Waals surface area contributed by atoms with Crippen molar-refractivity contribution in [3.8, 4) is 12.3 Å². The van der Waals surface area contributed by atoms with Gasteiger partial charge in [0.1, 0.15) is 6.17 Å². The summed E-state index contributed by atoms with van der Waals surface area (Å²) in [4.78, 5) is 0. The lowest BCUT2D eigenvalue weighted by Gasteiger charge is -2.25. The van der Waals surface area contributed by atoms with Crippen molar-refractivity contribution in [2.45, 2.75) is 18.6 Å². The third-order valence-electron chi connectivity index (χ3n) is 2.81. The minimum Gasteiger partial charge on any atom is -0.273 e. The van der Waals surface area contributed by atoms with Gasteiger partial charge >= 0.3 is 10.3 Å². The highest BCUT2D eigenvalue weighted by molar-refractivity contribution is 7.83. The quantitative estimate of drug-likeness (QED) is 0.666. The van der Waals surface area contributed by atoms with E-state index in [0.29, 0.717) is 11.1 Å². The summed E-state index contributed by atoms with van der Waals surface area (Å²) in [6, 6.07) is 4.88. The first-order valence-corrected chi connectivity index (χ1v) is 6.55. The van der Waals surface area contributed by atoms with Gasteiger partial charge < -0.3 is 0 Å². The SMILES string of the molecule is [2H]C([2H])(C#C)N([C@H]1c2ccccc2C[C@@H]1[18F])S(=O)(=O)O. The van der Waals surface area contributed by atoms with Crippen molar-refractivity contribution in [2.75, 3.05) is 6.50 Å². The van der Waals surface area contributed by atoms with Crippen LogP contribution in [0.15, 0.2) is 24.3 Å². The first-order valence-electron chi connectivity index (χ1n) is 6.15. The number of fused-ring (bicyclic) bond motifs is 1. The molecule has 2 rings (SSSR count). The van der Waals surface area contributed by atoms with Crippen LogP contribution in [0, 0.1) is 12.3 Å². The standard InChI is InChI=1S/C12H12FNO3S/c1-2-7-14(18(15,16)17)12-10-6-4-3-5-9(10)8-11(12)13/h1,3-6,11-12H,7-8H2,(H,15,16,17)/t11-,12-/m0/s1/i7D2,13-1. The number of alkyl halides is 1. The monoisotopic (exact) mass is 270 g/mol. The van der Waals surface area contributed by atoms with Gasteiger partial charge in [-0.1, -0.05) is 30.2 Å². The van der Waals surface area contributed by atoms with Gasteiger partial charge in [0.2, 0.25) is 0 Å². The van der Waals surface area contributed by atoms with E-state index in [2.05, 4.69) is 0 Å². The molecule has 0 saturated heterocycles. The van der Waals surface area contributed by atoms with Crippen LogP contribution in [0.4, 0.5) is 4.39 Å². The van der Waals surface area contributed by atoms with E-state index >= 15 is 0 Å². The molecule has 6 heteroatoms. The maximum absolute atomic E-state index is 14.2. The van der Waals surface area contributed by atoms with Gasteiger partial charge in [-0.25, -0.2) is 4.39 Å². The first-order chi connectivity index (χ1) is 9.18. The van der Waals surface area contributed by atoms with E-state index in [1.807, 2.05) is 0 Å². The van der Waals surface area contributed by atoms with Crippen LogP contribution < -0.4 is 0 Å². The maximum atomic E-state index is 14.2. The minimum absolute atomic E-state index is 0.0104. The van der Waals surface area contributed by atoms with Gasteiger partial charge in [0.25, 0.3) is 0 Å². The molecular formula is C12H12FNO3S. The summed E-state index contributed by atoms with van der Waals surface area (Å²) >= 11 is 0. The fraction of sp³-hybridized carbons (Fsp3) is 0.333. The molecule has 2 atom stereocenters. The van der Waals surface area contributed by atoms with Crippen LogP contribution in [0.25, 0.3) is 0 Å². The van der Waals surface area contributed by atoms with E-state index in [9.17, 15) is 17.4 Å². The van der Waals surface area contributed by atoms with E-state index < -0.39 is 29.0 Å². The van der Waals surface area contributed by atoms with E-state index in [1.165, 1.54) is 6.07 Å². The van der Waals surface area contributed by atoms with Gasteiger partial charge in [0.15, 0.2) is 0 Å². The zero-order chi connectivity index (χ0) is 15.1. The summed E-state index contributed by atoms with van der Waals surface area (Å²) in [5.74, 6) is 1.63. The molecular weight excluding hydrogens is 256 g/mol. The number of terminal acetylenes is 1. The van der Waals surface area contributed by atoms with Gasteiger partial charge in [-0.15, -0.1) is 6.42 Å². The van der Waals surface area contributed by atoms with Gasteiger partial charge in [-0.2, -0.15) is 12.7 Å². The van der Waals surface area contributed by atoms with Crippen molar-refractivity contribution in [3.05, 3.63) is 35.4 Å². The lowest BCUT2D eigenvalue weighted by atomic mass is 10.1. The summed E-state index contributed by atoms with van der Waals surface area (Å²) in [5.41, 5.74) is 0.864. The summed E-state index contributed by atoms with van der Waals surface area (Å²) in [6.07, 6.45) is 3.23. The normalized spacial score (nSPS) is 25.2. The number of nitrogens with zero attached hydrogens (tertiary/aromatic N) is 1. The highest BCUT2D eigenvalue weighted by Crippen LogP contribution is 2.38. The Morgan fingerprint density at radius 2 is 2.28 bits per heavy atom. The van der Waals surface area contributed by atoms with E-state index in [0.717, 1.165) is 0 Å². The second kappa shape index (κ2) is 4.69. The summed E-state index contributed by atoms with van der Waals surface area (Å²) in [7, 11) is -5.02. The van der Waals surface area contributed by atoms with Crippen molar-refractivity contribution in [1.82, 2.24) is 4.31 Å². The van der Waals surface area contributed by atoms with Crippen molar-refractivity contribution in [2.24, 2.45) is 0 Å². The molecule has 0 amide bonds. The fourth-order valence-electron chi connectivity index (χ4n) is 2.13. The molecule has 1 aromatic carbocycles. The van der Waals surface area contributed by atoms with Gasteiger partial charge in [-0.05, 0) is 11.1 Å². The molecule has 0 unspecified atom stereocenters. The smallest absolute Gasteiger partial charge is 0.273 e. The average Bonchev–Trinajstić information content (AvgIpc) is 2.65. The number of hydrogen-bond acceptors (Lipinski definition) is 2. The Balaban J connectivity index is 2.60. The molecule has 0 aromatic heterocycles. The van der Waals surface area contributed by atoms with E-state index in [-0.39, 0.29) is 10.7 Å². The largest absolute Gasteiger partial charge is 0.337 e. The second-order valence-electron chi connectivity index (χ2n) is 3.89. The Kier molecular flexibility index (Phi) is 2.73. The van der Waals surface area contributed by atoms with Gasteiger partial charge in [0.05, 0.1) is 15.3 Å². The lowest BCUT2D eigenvalue weighted by Crippen LogP contribution is -2.37. The van der Waals surface area contributed by atoms with Crippen LogP contribution in [-0.4, -0.2) is 29.9 Å². The Bertz CT molecular complexity index is 672. The third kappa shape index (κ3) is 2.25. The van der Waals surface area contributed by atoms with Crippen LogP contribution in [0.5, 0.6) is 0 Å². The van der Waals surface area contributed by atoms with E-state index in [1.54, 1.807) is 24.1 Å².